The molecule has 1 aromatic carbocycles. The quantitative estimate of drug-likeness (QED) is 0.855. The van der Waals surface area contributed by atoms with Crippen LogP contribution in [0, 0.1) is 0 Å². The minimum atomic E-state index is -0.175. The lowest BCUT2D eigenvalue weighted by Crippen LogP contribution is -2.28. The second-order valence-corrected chi connectivity index (χ2v) is 6.26. The summed E-state index contributed by atoms with van der Waals surface area (Å²) in [5, 5.41) is 3.26. The predicted molar refractivity (Wildman–Crippen MR) is 84.8 cm³/mol. The topological polar surface area (TPSA) is 39.7 Å². The van der Waals surface area contributed by atoms with Crippen LogP contribution in [0.3, 0.4) is 0 Å². The summed E-state index contributed by atoms with van der Waals surface area (Å²) in [6, 6.07) is 3.96. The molecule has 0 heterocycles. The molecular weight excluding hydrogens is 322 g/mol. The molecule has 1 N–H and O–H groups in total. The molecule has 114 valence electrons. The molecule has 1 rings (SSSR count). The first kappa shape index (κ1) is 17.3. The van der Waals surface area contributed by atoms with E-state index in [1.54, 1.807) is 14.2 Å². The highest BCUT2D eigenvalue weighted by Crippen LogP contribution is 2.39. The van der Waals surface area contributed by atoms with Gasteiger partial charge < -0.3 is 19.5 Å². The van der Waals surface area contributed by atoms with Crippen LogP contribution in [0.1, 0.15) is 32.4 Å². The van der Waals surface area contributed by atoms with Gasteiger partial charge in [0.2, 0.25) is 0 Å². The van der Waals surface area contributed by atoms with Gasteiger partial charge in [-0.25, -0.2) is 0 Å². The third-order valence-corrected chi connectivity index (χ3v) is 3.67. The standard InChI is InChI=1S/C15H24BrNO3/c1-15(2,3)20-9-11(17-4)10-7-8-12(18-5)13(16)14(10)19-6/h7-8,11,17H,9H2,1-6H3. The fourth-order valence-corrected chi connectivity index (χ4v) is 2.54. The van der Waals surface area contributed by atoms with E-state index in [0.717, 1.165) is 21.5 Å². The monoisotopic (exact) mass is 345 g/mol. The molecule has 0 aliphatic carbocycles. The van der Waals surface area contributed by atoms with E-state index >= 15 is 0 Å². The average Bonchev–Trinajstić information content (AvgIpc) is 2.38. The van der Waals surface area contributed by atoms with Crippen LogP contribution < -0.4 is 14.8 Å². The number of likely N-dealkylation sites (N-methyl/N-ethyl adjacent to an activating group) is 1. The third kappa shape index (κ3) is 4.36. The summed E-state index contributed by atoms with van der Waals surface area (Å²) in [6.07, 6.45) is 0. The number of hydrogen-bond donors (Lipinski definition) is 1. The fourth-order valence-electron chi connectivity index (χ4n) is 1.85. The van der Waals surface area contributed by atoms with Crippen LogP contribution in [-0.4, -0.2) is 33.5 Å². The summed E-state index contributed by atoms with van der Waals surface area (Å²) in [6.45, 7) is 6.69. The lowest BCUT2D eigenvalue weighted by atomic mass is 10.1. The molecule has 0 radical (unpaired) electrons. The van der Waals surface area contributed by atoms with Crippen molar-refractivity contribution in [2.45, 2.75) is 32.4 Å². The Hall–Kier alpha value is -0.780. The molecule has 0 saturated carbocycles. The lowest BCUT2D eigenvalue weighted by molar-refractivity contribution is -0.0141. The van der Waals surface area contributed by atoms with Gasteiger partial charge in [0.05, 0.1) is 32.5 Å². The average molecular weight is 346 g/mol. The Labute approximate surface area is 129 Å². The van der Waals surface area contributed by atoms with Crippen LogP contribution in [0.2, 0.25) is 0 Å². The van der Waals surface area contributed by atoms with Crippen molar-refractivity contribution in [2.75, 3.05) is 27.9 Å². The fraction of sp³-hybridized carbons (Fsp3) is 0.600. The highest BCUT2D eigenvalue weighted by Gasteiger charge is 2.21. The van der Waals surface area contributed by atoms with E-state index in [1.807, 2.05) is 40.0 Å². The van der Waals surface area contributed by atoms with Gasteiger partial charge in [0.1, 0.15) is 16.0 Å². The summed E-state index contributed by atoms with van der Waals surface area (Å²) >= 11 is 3.52. The van der Waals surface area contributed by atoms with Crippen molar-refractivity contribution >= 4 is 15.9 Å². The summed E-state index contributed by atoms with van der Waals surface area (Å²) in [5.41, 5.74) is 0.860. The molecule has 0 fully saturated rings. The molecule has 0 aromatic heterocycles. The first-order chi connectivity index (χ1) is 9.34. The van der Waals surface area contributed by atoms with E-state index in [1.165, 1.54) is 0 Å². The van der Waals surface area contributed by atoms with Crippen molar-refractivity contribution in [2.24, 2.45) is 0 Å². The minimum Gasteiger partial charge on any atom is -0.495 e. The number of benzene rings is 1. The molecule has 0 spiro atoms. The van der Waals surface area contributed by atoms with Gasteiger partial charge in [-0.3, -0.25) is 0 Å². The van der Waals surface area contributed by atoms with Crippen LogP contribution in [0.25, 0.3) is 0 Å². The van der Waals surface area contributed by atoms with Crippen LogP contribution in [0.5, 0.6) is 11.5 Å². The normalized spacial score (nSPS) is 13.2. The third-order valence-electron chi connectivity index (χ3n) is 2.92. The first-order valence-electron chi connectivity index (χ1n) is 6.55. The Morgan fingerprint density at radius 1 is 1.20 bits per heavy atom. The second kappa shape index (κ2) is 7.29. The SMILES string of the molecule is CNC(COC(C)(C)C)c1ccc(OC)c(Br)c1OC. The zero-order chi connectivity index (χ0) is 15.3. The number of halogens is 1. The summed E-state index contributed by atoms with van der Waals surface area (Å²) in [4.78, 5) is 0. The van der Waals surface area contributed by atoms with Crippen molar-refractivity contribution < 1.29 is 14.2 Å². The van der Waals surface area contributed by atoms with Gasteiger partial charge in [-0.05, 0) is 55.9 Å². The molecule has 4 nitrogen and oxygen atoms in total. The van der Waals surface area contributed by atoms with Crippen LogP contribution in [0.15, 0.2) is 16.6 Å². The zero-order valence-electron chi connectivity index (χ0n) is 13.0. The van der Waals surface area contributed by atoms with E-state index in [0.29, 0.717) is 6.61 Å². The Kier molecular flexibility index (Phi) is 6.30. The van der Waals surface area contributed by atoms with Gasteiger partial charge in [0.15, 0.2) is 0 Å². The van der Waals surface area contributed by atoms with E-state index in [2.05, 4.69) is 21.2 Å². The Balaban J connectivity index is 3.06. The van der Waals surface area contributed by atoms with Crippen molar-refractivity contribution in [3.8, 4) is 11.5 Å². The number of nitrogens with one attached hydrogen (secondary N) is 1. The number of methoxy groups -OCH3 is 2. The minimum absolute atomic E-state index is 0.0476. The Morgan fingerprint density at radius 2 is 1.85 bits per heavy atom. The van der Waals surface area contributed by atoms with Crippen LogP contribution in [-0.2, 0) is 4.74 Å². The Bertz CT molecular complexity index is 443. The highest BCUT2D eigenvalue weighted by molar-refractivity contribution is 9.10. The molecule has 0 bridgehead atoms. The molecule has 1 unspecified atom stereocenters. The molecule has 20 heavy (non-hydrogen) atoms. The van der Waals surface area contributed by atoms with Gasteiger partial charge in [-0.2, -0.15) is 0 Å². The van der Waals surface area contributed by atoms with Gasteiger partial charge in [-0.1, -0.05) is 0 Å². The van der Waals surface area contributed by atoms with E-state index < -0.39 is 0 Å². The van der Waals surface area contributed by atoms with Gasteiger partial charge in [0, 0.05) is 5.56 Å². The summed E-state index contributed by atoms with van der Waals surface area (Å²) in [5.74, 6) is 1.51. The van der Waals surface area contributed by atoms with Crippen molar-refractivity contribution in [3.63, 3.8) is 0 Å². The van der Waals surface area contributed by atoms with Gasteiger partial charge in [-0.15, -0.1) is 0 Å². The molecule has 1 atom stereocenters. The number of hydrogen-bond acceptors (Lipinski definition) is 4. The lowest BCUT2D eigenvalue weighted by Gasteiger charge is -2.26. The van der Waals surface area contributed by atoms with E-state index in [4.69, 9.17) is 14.2 Å². The van der Waals surface area contributed by atoms with E-state index in [9.17, 15) is 0 Å². The van der Waals surface area contributed by atoms with Crippen LogP contribution >= 0.6 is 15.9 Å². The van der Waals surface area contributed by atoms with Crippen molar-refractivity contribution in [3.05, 3.63) is 22.2 Å². The summed E-state index contributed by atoms with van der Waals surface area (Å²) < 4.78 is 17.5. The number of ether oxygens (including phenoxy) is 3. The maximum Gasteiger partial charge on any atom is 0.141 e. The van der Waals surface area contributed by atoms with Gasteiger partial charge >= 0.3 is 0 Å². The van der Waals surface area contributed by atoms with Crippen molar-refractivity contribution in [1.82, 2.24) is 5.32 Å². The largest absolute Gasteiger partial charge is 0.495 e. The predicted octanol–water partition coefficient (Wildman–Crippen LogP) is 3.54. The van der Waals surface area contributed by atoms with Crippen LogP contribution in [0.4, 0.5) is 0 Å². The molecule has 5 heteroatoms. The molecule has 0 aliphatic heterocycles. The molecule has 0 aliphatic rings. The zero-order valence-corrected chi connectivity index (χ0v) is 14.6. The van der Waals surface area contributed by atoms with E-state index in [-0.39, 0.29) is 11.6 Å². The smallest absolute Gasteiger partial charge is 0.141 e. The highest BCUT2D eigenvalue weighted by atomic mass is 79.9. The molecule has 0 saturated heterocycles. The summed E-state index contributed by atoms with van der Waals surface area (Å²) in [7, 11) is 5.20. The first-order valence-corrected chi connectivity index (χ1v) is 7.35. The second-order valence-electron chi connectivity index (χ2n) is 5.47. The molecular formula is C15H24BrNO3. The van der Waals surface area contributed by atoms with Gasteiger partial charge in [0.25, 0.3) is 0 Å². The maximum atomic E-state index is 5.87. The molecule has 1 aromatic rings. The van der Waals surface area contributed by atoms with Crippen molar-refractivity contribution in [1.29, 1.82) is 0 Å². The molecule has 0 amide bonds. The number of rotatable bonds is 6. The Morgan fingerprint density at radius 3 is 2.30 bits per heavy atom. The maximum absolute atomic E-state index is 5.87.